The fourth-order valence-corrected chi connectivity index (χ4v) is 2.02. The number of benzene rings is 1. The number of phenolic OH excluding ortho intramolecular Hbond substituents is 2. The van der Waals surface area contributed by atoms with Crippen LogP contribution in [-0.2, 0) is 25.6 Å². The van der Waals surface area contributed by atoms with E-state index in [2.05, 4.69) is 0 Å². The fraction of sp³-hybridized carbons (Fsp3) is 0.357. The van der Waals surface area contributed by atoms with Gasteiger partial charge in [-0.15, -0.1) is 5.06 Å². The molecule has 0 aromatic heterocycles. The minimum atomic E-state index is -1.52. The van der Waals surface area contributed by atoms with Gasteiger partial charge >= 0.3 is 5.97 Å². The molecule has 0 radical (unpaired) electrons. The summed E-state index contributed by atoms with van der Waals surface area (Å²) < 4.78 is 0. The topological polar surface area (TPSA) is 130 Å². The van der Waals surface area contributed by atoms with Gasteiger partial charge < -0.3 is 20.8 Å². The lowest BCUT2D eigenvalue weighted by Gasteiger charge is -2.24. The first-order chi connectivity index (χ1) is 10.2. The van der Waals surface area contributed by atoms with E-state index in [9.17, 15) is 24.6 Å². The van der Waals surface area contributed by atoms with Crippen LogP contribution in [0.3, 0.4) is 0 Å². The molecular weight excluding hydrogens is 292 g/mol. The normalized spacial score (nSPS) is 17.5. The lowest BCUT2D eigenvalue weighted by molar-refractivity contribution is -0.201. The summed E-state index contributed by atoms with van der Waals surface area (Å²) >= 11 is 0. The van der Waals surface area contributed by atoms with Crippen molar-refractivity contribution in [3.8, 4) is 11.5 Å². The third-order valence-electron chi connectivity index (χ3n) is 3.26. The van der Waals surface area contributed by atoms with E-state index < -0.39 is 23.3 Å². The zero-order chi connectivity index (χ0) is 16.5. The number of aromatic hydroxyl groups is 2. The van der Waals surface area contributed by atoms with Crippen LogP contribution in [0.1, 0.15) is 25.3 Å². The molecule has 2 rings (SSSR count). The molecule has 2 amide bonds. The van der Waals surface area contributed by atoms with Crippen LogP contribution in [0.2, 0.25) is 0 Å². The van der Waals surface area contributed by atoms with Gasteiger partial charge in [0, 0.05) is 19.3 Å². The molecule has 8 nitrogen and oxygen atoms in total. The molecule has 118 valence electrons. The molecule has 0 unspecified atom stereocenters. The Hall–Kier alpha value is -2.61. The van der Waals surface area contributed by atoms with Gasteiger partial charge in [0.05, 0.1) is 0 Å². The Labute approximate surface area is 126 Å². The molecule has 4 N–H and O–H groups in total. The molecule has 1 aliphatic rings. The molecule has 0 spiro atoms. The van der Waals surface area contributed by atoms with E-state index in [0.717, 1.165) is 0 Å². The largest absolute Gasteiger partial charge is 0.504 e. The molecule has 0 saturated carbocycles. The molecule has 8 heteroatoms. The quantitative estimate of drug-likeness (QED) is 0.525. The highest BCUT2D eigenvalue weighted by Gasteiger charge is 2.38. The Morgan fingerprint density at radius 3 is 2.41 bits per heavy atom. The van der Waals surface area contributed by atoms with Gasteiger partial charge in [-0.25, -0.2) is 4.79 Å². The van der Waals surface area contributed by atoms with Crippen LogP contribution in [-0.4, -0.2) is 38.6 Å². The average Bonchev–Trinajstić information content (AvgIpc) is 2.74. The van der Waals surface area contributed by atoms with Crippen LogP contribution in [0.4, 0.5) is 0 Å². The number of hydrogen-bond acceptors (Lipinski definition) is 7. The highest BCUT2D eigenvalue weighted by molar-refractivity contribution is 6.02. The van der Waals surface area contributed by atoms with Gasteiger partial charge in [-0.05, 0) is 24.6 Å². The smallest absolute Gasteiger partial charge is 0.352 e. The fourth-order valence-electron chi connectivity index (χ4n) is 2.02. The van der Waals surface area contributed by atoms with Crippen molar-refractivity contribution < 1.29 is 29.4 Å². The number of amides is 2. The van der Waals surface area contributed by atoms with Crippen molar-refractivity contribution in [3.05, 3.63) is 23.8 Å². The SMILES string of the molecule is C[C@](N)(Cc1ccc(O)c(O)c1)C(=O)ON1C(=O)CCC1=O. The molecule has 0 aliphatic carbocycles. The van der Waals surface area contributed by atoms with Crippen LogP contribution < -0.4 is 5.73 Å². The second-order valence-electron chi connectivity index (χ2n) is 5.38. The highest BCUT2D eigenvalue weighted by Crippen LogP contribution is 2.27. The predicted molar refractivity (Wildman–Crippen MR) is 73.2 cm³/mol. The first kappa shape index (κ1) is 15.8. The van der Waals surface area contributed by atoms with E-state index >= 15 is 0 Å². The third kappa shape index (κ3) is 3.17. The Bertz CT molecular complexity index is 624. The number of nitrogens with two attached hydrogens (primary N) is 1. The number of hydroxylamine groups is 2. The third-order valence-corrected chi connectivity index (χ3v) is 3.26. The van der Waals surface area contributed by atoms with E-state index in [-0.39, 0.29) is 30.8 Å². The van der Waals surface area contributed by atoms with Gasteiger partial charge in [0.25, 0.3) is 11.8 Å². The Kier molecular flexibility index (Phi) is 4.05. The molecule has 1 aromatic carbocycles. The minimum absolute atomic E-state index is 0.000760. The van der Waals surface area contributed by atoms with E-state index in [1.807, 2.05) is 0 Å². The minimum Gasteiger partial charge on any atom is -0.504 e. The van der Waals surface area contributed by atoms with Crippen molar-refractivity contribution in [1.29, 1.82) is 0 Å². The van der Waals surface area contributed by atoms with Crippen molar-refractivity contribution in [1.82, 2.24) is 5.06 Å². The number of imide groups is 1. The summed E-state index contributed by atoms with van der Waals surface area (Å²) in [5, 5.41) is 19.1. The molecule has 0 bridgehead atoms. The summed E-state index contributed by atoms with van der Waals surface area (Å²) in [6.45, 7) is 1.38. The van der Waals surface area contributed by atoms with Gasteiger partial charge in [0.2, 0.25) is 0 Å². The second-order valence-corrected chi connectivity index (χ2v) is 5.38. The van der Waals surface area contributed by atoms with Gasteiger partial charge in [-0.3, -0.25) is 9.59 Å². The summed E-state index contributed by atoms with van der Waals surface area (Å²) in [4.78, 5) is 39.7. The van der Waals surface area contributed by atoms with Crippen LogP contribution in [0, 0.1) is 0 Å². The van der Waals surface area contributed by atoms with Crippen LogP contribution >= 0.6 is 0 Å². The van der Waals surface area contributed by atoms with E-state index in [0.29, 0.717) is 10.6 Å². The van der Waals surface area contributed by atoms with Crippen molar-refractivity contribution >= 4 is 17.8 Å². The highest BCUT2D eigenvalue weighted by atomic mass is 16.7. The molecule has 1 aromatic rings. The number of rotatable bonds is 4. The van der Waals surface area contributed by atoms with E-state index in [1.54, 1.807) is 0 Å². The van der Waals surface area contributed by atoms with Gasteiger partial charge in [-0.1, -0.05) is 6.07 Å². The predicted octanol–water partition coefficient (Wildman–Crippen LogP) is -0.0351. The Morgan fingerprint density at radius 1 is 1.27 bits per heavy atom. The molecule has 1 fully saturated rings. The molecule has 1 atom stereocenters. The molecular formula is C14H16N2O6. The first-order valence-corrected chi connectivity index (χ1v) is 6.58. The van der Waals surface area contributed by atoms with Crippen molar-refractivity contribution in [3.63, 3.8) is 0 Å². The lowest BCUT2D eigenvalue weighted by Crippen LogP contribution is -2.51. The monoisotopic (exact) mass is 308 g/mol. The number of carbonyl (C=O) groups is 3. The zero-order valence-electron chi connectivity index (χ0n) is 11.9. The summed E-state index contributed by atoms with van der Waals surface area (Å²) in [7, 11) is 0. The van der Waals surface area contributed by atoms with Gasteiger partial charge in [-0.2, -0.15) is 0 Å². The van der Waals surface area contributed by atoms with E-state index in [1.165, 1.54) is 25.1 Å². The lowest BCUT2D eigenvalue weighted by atomic mass is 9.94. The molecule has 1 aliphatic heterocycles. The van der Waals surface area contributed by atoms with Crippen LogP contribution in [0.25, 0.3) is 0 Å². The van der Waals surface area contributed by atoms with Crippen LogP contribution in [0.15, 0.2) is 18.2 Å². The number of carbonyl (C=O) groups excluding carboxylic acids is 3. The average molecular weight is 308 g/mol. The summed E-state index contributed by atoms with van der Waals surface area (Å²) in [5.74, 6) is -2.75. The second kappa shape index (κ2) is 5.64. The number of hydrogen-bond donors (Lipinski definition) is 3. The standard InChI is InChI=1S/C14H16N2O6/c1-14(15,7-8-2-3-9(17)10(18)6-8)13(21)22-16-11(19)4-5-12(16)20/h2-3,6,17-18H,4-5,7,15H2,1H3/t14-/m0/s1. The molecule has 22 heavy (non-hydrogen) atoms. The Morgan fingerprint density at radius 2 is 1.86 bits per heavy atom. The van der Waals surface area contributed by atoms with Crippen molar-refractivity contribution in [2.45, 2.75) is 31.7 Å². The molecule has 1 saturated heterocycles. The van der Waals surface area contributed by atoms with Crippen molar-refractivity contribution in [2.75, 3.05) is 0 Å². The summed E-state index contributed by atoms with van der Waals surface area (Å²) in [6.07, 6.45) is -0.0195. The van der Waals surface area contributed by atoms with Gasteiger partial charge in [0.15, 0.2) is 11.5 Å². The number of nitrogens with zero attached hydrogens (tertiary/aromatic N) is 1. The summed E-state index contributed by atoms with van der Waals surface area (Å²) in [5.41, 5.74) is 4.84. The van der Waals surface area contributed by atoms with Crippen molar-refractivity contribution in [2.24, 2.45) is 5.73 Å². The molecule has 1 heterocycles. The maximum atomic E-state index is 12.1. The van der Waals surface area contributed by atoms with E-state index in [4.69, 9.17) is 10.6 Å². The zero-order valence-corrected chi connectivity index (χ0v) is 11.9. The maximum Gasteiger partial charge on any atom is 0.352 e. The number of phenols is 2. The first-order valence-electron chi connectivity index (χ1n) is 6.58. The Balaban J connectivity index is 2.08. The summed E-state index contributed by atoms with van der Waals surface area (Å²) in [6, 6.07) is 4.01. The van der Waals surface area contributed by atoms with Crippen LogP contribution in [0.5, 0.6) is 11.5 Å². The van der Waals surface area contributed by atoms with Gasteiger partial charge in [0.1, 0.15) is 5.54 Å². The maximum absolute atomic E-state index is 12.1.